The average molecular weight is 379 g/mol. The van der Waals surface area contributed by atoms with Crippen molar-refractivity contribution in [1.82, 2.24) is 14.9 Å². The van der Waals surface area contributed by atoms with Gasteiger partial charge in [-0.3, -0.25) is 9.69 Å². The summed E-state index contributed by atoms with van der Waals surface area (Å²) in [6, 6.07) is 0. The zero-order valence-corrected chi connectivity index (χ0v) is 16.2. The van der Waals surface area contributed by atoms with Gasteiger partial charge in [-0.05, 0) is 19.4 Å². The number of hydrogen-bond acceptors (Lipinski definition) is 7. The summed E-state index contributed by atoms with van der Waals surface area (Å²) in [5.74, 6) is 2.93. The minimum atomic E-state index is -0.693. The minimum Gasteiger partial charge on any atom is -0.389 e. The van der Waals surface area contributed by atoms with Crippen LogP contribution in [0.2, 0.25) is 0 Å². The number of fused-ring (bicyclic) bond motifs is 1. The maximum Gasteiger partial charge on any atom is 0.259 e. The largest absolute Gasteiger partial charge is 0.389 e. The van der Waals surface area contributed by atoms with E-state index in [2.05, 4.69) is 15.9 Å². The van der Waals surface area contributed by atoms with E-state index in [1.807, 2.05) is 18.7 Å². The van der Waals surface area contributed by atoms with Crippen LogP contribution in [-0.2, 0) is 16.0 Å². The predicted octanol–water partition coefficient (Wildman–Crippen LogP) is 1.06. The molecule has 2 aromatic rings. The highest BCUT2D eigenvalue weighted by Crippen LogP contribution is 2.25. The Bertz CT molecular complexity index is 824. The highest BCUT2D eigenvalue weighted by atomic mass is 32.1. The van der Waals surface area contributed by atoms with Gasteiger partial charge in [0.05, 0.1) is 31.2 Å². The van der Waals surface area contributed by atoms with Gasteiger partial charge in [0.2, 0.25) is 0 Å². The molecule has 2 rings (SSSR count). The minimum absolute atomic E-state index is 0.128. The van der Waals surface area contributed by atoms with E-state index in [9.17, 15) is 9.90 Å². The van der Waals surface area contributed by atoms with Crippen LogP contribution in [0.1, 0.15) is 16.3 Å². The molecule has 0 fully saturated rings. The van der Waals surface area contributed by atoms with Gasteiger partial charge in [0.1, 0.15) is 17.3 Å². The summed E-state index contributed by atoms with van der Waals surface area (Å²) in [5.41, 5.74) is 0.846. The highest BCUT2D eigenvalue weighted by Gasteiger charge is 2.16. The number of hydrogen-bond donors (Lipinski definition) is 2. The molecule has 0 bridgehead atoms. The van der Waals surface area contributed by atoms with Crippen molar-refractivity contribution >= 4 is 21.6 Å². The van der Waals surface area contributed by atoms with Crippen molar-refractivity contribution in [1.29, 1.82) is 0 Å². The molecule has 142 valence electrons. The van der Waals surface area contributed by atoms with Crippen LogP contribution in [0.15, 0.2) is 4.79 Å². The normalized spacial score (nSPS) is 12.6. The molecule has 26 heavy (non-hydrogen) atoms. The Morgan fingerprint density at radius 3 is 2.92 bits per heavy atom. The van der Waals surface area contributed by atoms with E-state index in [1.54, 1.807) is 7.11 Å². The second-order valence-electron chi connectivity index (χ2n) is 6.08. The van der Waals surface area contributed by atoms with E-state index in [1.165, 1.54) is 11.3 Å². The molecule has 0 amide bonds. The van der Waals surface area contributed by atoms with Crippen LogP contribution in [0, 0.1) is 26.2 Å². The lowest BCUT2D eigenvalue weighted by Crippen LogP contribution is -2.37. The summed E-state index contributed by atoms with van der Waals surface area (Å²) in [4.78, 5) is 23.6. The van der Waals surface area contributed by atoms with Crippen LogP contribution < -0.4 is 5.56 Å². The van der Waals surface area contributed by atoms with Crippen LogP contribution in [0.25, 0.3) is 10.2 Å². The van der Waals surface area contributed by atoms with E-state index in [4.69, 9.17) is 15.9 Å². The maximum absolute atomic E-state index is 12.4. The molecule has 2 heterocycles. The summed E-state index contributed by atoms with van der Waals surface area (Å²) >= 11 is 1.52. The summed E-state index contributed by atoms with van der Waals surface area (Å²) in [7, 11) is 1.62. The van der Waals surface area contributed by atoms with Gasteiger partial charge in [0.25, 0.3) is 5.56 Å². The lowest BCUT2D eigenvalue weighted by atomic mass is 10.2. The van der Waals surface area contributed by atoms with Gasteiger partial charge < -0.3 is 19.6 Å². The second-order valence-corrected chi connectivity index (χ2v) is 7.28. The number of ether oxygens (including phenoxy) is 2. The van der Waals surface area contributed by atoms with E-state index >= 15 is 0 Å². The molecule has 8 heteroatoms. The molecule has 1 atom stereocenters. The number of nitrogens with zero attached hydrogens (tertiary/aromatic N) is 2. The first-order valence-corrected chi connectivity index (χ1v) is 9.17. The molecule has 2 N–H and O–H groups in total. The molecule has 0 saturated carbocycles. The Morgan fingerprint density at radius 1 is 1.46 bits per heavy atom. The number of nitrogens with one attached hydrogen (secondary N) is 1. The van der Waals surface area contributed by atoms with Crippen LogP contribution in [0.3, 0.4) is 0 Å². The number of aliphatic hydroxyl groups is 1. The molecular formula is C18H25N3O4S. The monoisotopic (exact) mass is 379 g/mol. The van der Waals surface area contributed by atoms with Crippen LogP contribution in [0.4, 0.5) is 0 Å². The number of rotatable bonds is 10. The number of terminal acetylenes is 1. The lowest BCUT2D eigenvalue weighted by molar-refractivity contribution is 0.0202. The molecule has 0 aliphatic heterocycles. The molecule has 0 aliphatic carbocycles. The molecule has 0 saturated heterocycles. The molecule has 0 aliphatic rings. The lowest BCUT2D eigenvalue weighted by Gasteiger charge is -2.24. The summed E-state index contributed by atoms with van der Waals surface area (Å²) in [6.45, 7) is 6.08. The SMILES string of the molecule is C#CCOCC(O)CN(CCOC)Cc1nc2sc(C)c(C)c2c(=O)[nH]1. The van der Waals surface area contributed by atoms with Gasteiger partial charge in [-0.15, -0.1) is 17.8 Å². The standard InChI is InChI=1S/C18H25N3O4S/c1-5-7-25-11-14(22)9-21(6-8-24-4)10-15-19-17(23)16-12(2)13(3)26-18(16)20-15/h1,14,22H,6-11H2,2-4H3,(H,19,20,23). The van der Waals surface area contributed by atoms with Gasteiger partial charge in [-0.1, -0.05) is 5.92 Å². The fourth-order valence-corrected chi connectivity index (χ4v) is 3.69. The Morgan fingerprint density at radius 2 is 2.23 bits per heavy atom. The molecule has 0 aromatic carbocycles. The number of aryl methyl sites for hydroxylation is 2. The molecule has 2 aromatic heterocycles. The van der Waals surface area contributed by atoms with Crippen molar-refractivity contribution in [2.75, 3.05) is 40.0 Å². The number of thiophene rings is 1. The van der Waals surface area contributed by atoms with Gasteiger partial charge in [-0.25, -0.2) is 4.98 Å². The Hall–Kier alpha value is -1.76. The van der Waals surface area contributed by atoms with Crippen molar-refractivity contribution in [3.8, 4) is 12.3 Å². The van der Waals surface area contributed by atoms with E-state index in [-0.39, 0.29) is 18.8 Å². The number of aromatic amines is 1. The number of methoxy groups -OCH3 is 1. The van der Waals surface area contributed by atoms with Gasteiger partial charge in [0.15, 0.2) is 0 Å². The zero-order chi connectivity index (χ0) is 19.1. The third-order valence-electron chi connectivity index (χ3n) is 4.04. The van der Waals surface area contributed by atoms with Gasteiger partial charge >= 0.3 is 0 Å². The smallest absolute Gasteiger partial charge is 0.259 e. The second kappa shape index (κ2) is 9.80. The van der Waals surface area contributed by atoms with Gasteiger partial charge in [0, 0.05) is 25.1 Å². The zero-order valence-electron chi connectivity index (χ0n) is 15.4. The highest BCUT2D eigenvalue weighted by molar-refractivity contribution is 7.18. The molecule has 0 radical (unpaired) electrons. The number of aromatic nitrogens is 2. The van der Waals surface area contributed by atoms with Crippen LogP contribution in [0.5, 0.6) is 0 Å². The van der Waals surface area contributed by atoms with Gasteiger partial charge in [-0.2, -0.15) is 0 Å². The Labute approximate surface area is 157 Å². The van der Waals surface area contributed by atoms with Crippen molar-refractivity contribution in [3.05, 3.63) is 26.6 Å². The Balaban J connectivity index is 2.13. The van der Waals surface area contributed by atoms with Crippen molar-refractivity contribution < 1.29 is 14.6 Å². The third kappa shape index (κ3) is 5.37. The summed E-state index contributed by atoms with van der Waals surface area (Å²) in [5, 5.41) is 10.8. The maximum atomic E-state index is 12.4. The number of aliphatic hydroxyl groups excluding tert-OH is 1. The van der Waals surface area contributed by atoms with Crippen molar-refractivity contribution in [3.63, 3.8) is 0 Å². The number of H-pyrrole nitrogens is 1. The van der Waals surface area contributed by atoms with Crippen LogP contribution >= 0.6 is 11.3 Å². The fraction of sp³-hybridized carbons (Fsp3) is 0.556. The third-order valence-corrected chi connectivity index (χ3v) is 5.14. The predicted molar refractivity (Wildman–Crippen MR) is 103 cm³/mol. The van der Waals surface area contributed by atoms with Crippen LogP contribution in [-0.4, -0.2) is 66.1 Å². The van der Waals surface area contributed by atoms with Crippen molar-refractivity contribution in [2.24, 2.45) is 0 Å². The van der Waals surface area contributed by atoms with Crippen molar-refractivity contribution in [2.45, 2.75) is 26.5 Å². The first-order chi connectivity index (χ1) is 12.5. The van der Waals surface area contributed by atoms with E-state index < -0.39 is 6.10 Å². The summed E-state index contributed by atoms with van der Waals surface area (Å²) in [6.07, 6.45) is 4.44. The first-order valence-electron chi connectivity index (χ1n) is 8.35. The Kier molecular flexibility index (Phi) is 7.75. The summed E-state index contributed by atoms with van der Waals surface area (Å²) < 4.78 is 10.3. The van der Waals surface area contributed by atoms with E-state index in [0.717, 1.165) is 15.3 Å². The first kappa shape index (κ1) is 20.6. The molecule has 1 unspecified atom stereocenters. The fourth-order valence-electron chi connectivity index (χ4n) is 2.65. The van der Waals surface area contributed by atoms with E-state index in [0.29, 0.717) is 37.5 Å². The molecule has 0 spiro atoms. The molecular weight excluding hydrogens is 354 g/mol. The quantitative estimate of drug-likeness (QED) is 0.474. The average Bonchev–Trinajstić information content (AvgIpc) is 2.87. The molecule has 7 nitrogen and oxygen atoms in total. The topological polar surface area (TPSA) is 87.7 Å².